The van der Waals surface area contributed by atoms with Gasteiger partial charge in [0.05, 0.1) is 18.1 Å². The van der Waals surface area contributed by atoms with Crippen molar-refractivity contribution in [3.8, 4) is 11.3 Å². The molecule has 37 heavy (non-hydrogen) atoms. The molecule has 0 bridgehead atoms. The maximum Gasteiger partial charge on any atom is 0.332 e. The van der Waals surface area contributed by atoms with E-state index in [9.17, 15) is 14.4 Å². The minimum atomic E-state index is -0.776. The third kappa shape index (κ3) is 4.31. The molecule has 0 unspecified atom stereocenters. The molecule has 5 heterocycles. The molecule has 0 aliphatic carbocycles. The first-order valence-electron chi connectivity index (χ1n) is 11.7. The quantitative estimate of drug-likeness (QED) is 0.391. The Labute approximate surface area is 215 Å². The molecular formula is C23H27N9O4S. The molecule has 1 fully saturated rings. The predicted molar refractivity (Wildman–Crippen MR) is 139 cm³/mol. The van der Waals surface area contributed by atoms with Gasteiger partial charge >= 0.3 is 5.69 Å². The van der Waals surface area contributed by atoms with Crippen LogP contribution in [0.25, 0.3) is 22.4 Å². The molecule has 0 saturated carbocycles. The average Bonchev–Trinajstić information content (AvgIpc) is 3.64. The minimum Gasteiger partial charge on any atom is -0.380 e. The smallest absolute Gasteiger partial charge is 0.332 e. The lowest BCUT2D eigenvalue weighted by Gasteiger charge is -2.15. The lowest BCUT2D eigenvalue weighted by atomic mass is 10.2. The molecule has 1 amide bonds. The van der Waals surface area contributed by atoms with Crippen molar-refractivity contribution in [1.29, 1.82) is 0 Å². The molecule has 1 aliphatic rings. The second kappa shape index (κ2) is 9.52. The molecule has 194 valence electrons. The summed E-state index contributed by atoms with van der Waals surface area (Å²) in [5.41, 5.74) is 0.830. The number of aromatic nitrogens is 7. The zero-order valence-electron chi connectivity index (χ0n) is 21.1. The van der Waals surface area contributed by atoms with Crippen LogP contribution < -0.4 is 21.5 Å². The molecule has 14 heteroatoms. The van der Waals surface area contributed by atoms with E-state index < -0.39 is 17.3 Å². The number of rotatable bonds is 6. The average molecular weight is 526 g/mol. The van der Waals surface area contributed by atoms with Crippen molar-refractivity contribution in [2.45, 2.75) is 32.4 Å². The Bertz CT molecular complexity index is 1600. The minimum absolute atomic E-state index is 0.176. The van der Waals surface area contributed by atoms with Crippen LogP contribution in [-0.2, 0) is 23.6 Å². The van der Waals surface area contributed by atoms with Gasteiger partial charge in [-0.3, -0.25) is 18.7 Å². The number of carbonyl (C=O) groups excluding carboxylic acids is 1. The molecule has 13 nitrogen and oxygen atoms in total. The van der Waals surface area contributed by atoms with Gasteiger partial charge in [0.15, 0.2) is 16.3 Å². The summed E-state index contributed by atoms with van der Waals surface area (Å²) in [4.78, 5) is 58.8. The molecule has 0 spiro atoms. The van der Waals surface area contributed by atoms with Crippen LogP contribution in [0.2, 0.25) is 0 Å². The van der Waals surface area contributed by atoms with Gasteiger partial charge in [0.1, 0.15) is 6.04 Å². The molecule has 1 N–H and O–H groups in total. The summed E-state index contributed by atoms with van der Waals surface area (Å²) in [6.45, 7) is 5.17. The first-order valence-corrected chi connectivity index (χ1v) is 12.5. The van der Waals surface area contributed by atoms with Crippen LogP contribution in [-0.4, -0.2) is 65.8 Å². The van der Waals surface area contributed by atoms with Gasteiger partial charge in [0.25, 0.3) is 5.56 Å². The Kier molecular flexibility index (Phi) is 6.37. The van der Waals surface area contributed by atoms with Crippen molar-refractivity contribution in [1.82, 2.24) is 33.6 Å². The van der Waals surface area contributed by atoms with E-state index in [-0.39, 0.29) is 23.2 Å². The molecule has 0 aromatic carbocycles. The van der Waals surface area contributed by atoms with Crippen molar-refractivity contribution >= 4 is 39.5 Å². The Morgan fingerprint density at radius 2 is 1.92 bits per heavy atom. The molecule has 1 saturated heterocycles. The number of ether oxygens (including phenoxy) is 1. The third-order valence-electron chi connectivity index (χ3n) is 6.67. The summed E-state index contributed by atoms with van der Waals surface area (Å²) in [6.07, 6.45) is 5.98. The number of nitrogens with zero attached hydrogens (tertiary/aromatic N) is 8. The van der Waals surface area contributed by atoms with E-state index in [4.69, 9.17) is 4.74 Å². The number of nitrogens with one attached hydrogen (secondary N) is 1. The monoisotopic (exact) mass is 525 g/mol. The highest BCUT2D eigenvalue weighted by atomic mass is 32.1. The first kappa shape index (κ1) is 24.8. The van der Waals surface area contributed by atoms with Gasteiger partial charge in [0.2, 0.25) is 11.9 Å². The molecule has 4 aromatic rings. The van der Waals surface area contributed by atoms with E-state index in [1.54, 1.807) is 26.4 Å². The second-order valence-electron chi connectivity index (χ2n) is 8.98. The van der Waals surface area contributed by atoms with E-state index in [1.165, 1.54) is 40.9 Å². The van der Waals surface area contributed by atoms with Gasteiger partial charge in [-0.1, -0.05) is 0 Å². The highest BCUT2D eigenvalue weighted by molar-refractivity contribution is 7.16. The van der Waals surface area contributed by atoms with E-state index in [2.05, 4.69) is 30.2 Å². The summed E-state index contributed by atoms with van der Waals surface area (Å²) in [7, 11) is 4.63. The van der Waals surface area contributed by atoms with E-state index >= 15 is 0 Å². The van der Waals surface area contributed by atoms with Crippen LogP contribution in [0.1, 0.15) is 24.3 Å². The third-order valence-corrected chi connectivity index (χ3v) is 7.56. The highest BCUT2D eigenvalue weighted by Gasteiger charge is 2.25. The van der Waals surface area contributed by atoms with Crippen molar-refractivity contribution < 1.29 is 9.53 Å². The summed E-state index contributed by atoms with van der Waals surface area (Å²) >= 11 is 1.34. The van der Waals surface area contributed by atoms with Crippen molar-refractivity contribution in [2.24, 2.45) is 14.1 Å². The number of thiazole rings is 1. The lowest BCUT2D eigenvalue weighted by molar-refractivity contribution is -0.118. The van der Waals surface area contributed by atoms with Crippen LogP contribution in [0.3, 0.4) is 0 Å². The molecule has 4 aromatic heterocycles. The van der Waals surface area contributed by atoms with Gasteiger partial charge in [-0.2, -0.15) is 0 Å². The fourth-order valence-electron chi connectivity index (χ4n) is 4.42. The van der Waals surface area contributed by atoms with Gasteiger partial charge in [-0.25, -0.2) is 24.7 Å². The predicted octanol–water partition coefficient (Wildman–Crippen LogP) is 1.08. The maximum atomic E-state index is 13.1. The van der Waals surface area contributed by atoms with Gasteiger partial charge in [0, 0.05) is 57.1 Å². The van der Waals surface area contributed by atoms with Crippen LogP contribution in [0, 0.1) is 6.92 Å². The Morgan fingerprint density at radius 1 is 1.19 bits per heavy atom. The highest BCUT2D eigenvalue weighted by Crippen LogP contribution is 2.31. The van der Waals surface area contributed by atoms with E-state index in [0.29, 0.717) is 16.8 Å². The number of aryl methyl sites for hydroxylation is 2. The summed E-state index contributed by atoms with van der Waals surface area (Å²) in [5.74, 6) is 0.276. The number of amides is 1. The summed E-state index contributed by atoms with van der Waals surface area (Å²) in [5, 5.41) is 3.25. The number of anilines is 2. The number of hydrogen-bond donors (Lipinski definition) is 1. The van der Waals surface area contributed by atoms with Crippen LogP contribution in [0.5, 0.6) is 0 Å². The molecule has 2 atom stereocenters. The number of hydrogen-bond acceptors (Lipinski definition) is 10. The second-order valence-corrected chi connectivity index (χ2v) is 10.2. The van der Waals surface area contributed by atoms with E-state index in [1.807, 2.05) is 6.92 Å². The van der Waals surface area contributed by atoms with Crippen LogP contribution >= 0.6 is 11.3 Å². The summed E-state index contributed by atoms with van der Waals surface area (Å²) in [6, 6.07) is -0.776. The molecule has 0 radical (unpaired) electrons. The standard InChI is InChI=1S/C23H27N9O4S/c1-12(32-11-26-18-17(32)20(34)30(4)23(35)29(18)3)19(33)28-22-27-16(13(2)37-22)14-8-24-21(25-9-14)31-7-6-15(10-31)36-5/h8-9,11-12,15H,6-7,10H2,1-5H3,(H,27,28,33)/t12-,15-/m0/s1. The van der Waals surface area contributed by atoms with Crippen molar-refractivity contribution in [3.63, 3.8) is 0 Å². The number of methoxy groups -OCH3 is 1. The Hall–Kier alpha value is -3.91. The number of carbonyl (C=O) groups is 1. The van der Waals surface area contributed by atoms with Gasteiger partial charge < -0.3 is 19.5 Å². The van der Waals surface area contributed by atoms with Crippen molar-refractivity contribution in [3.05, 3.63) is 44.4 Å². The topological polar surface area (TPSA) is 142 Å². The van der Waals surface area contributed by atoms with Gasteiger partial charge in [-0.15, -0.1) is 11.3 Å². The molecular weight excluding hydrogens is 498 g/mol. The largest absolute Gasteiger partial charge is 0.380 e. The number of fused-ring (bicyclic) bond motifs is 1. The Morgan fingerprint density at radius 3 is 2.59 bits per heavy atom. The molecule has 1 aliphatic heterocycles. The lowest BCUT2D eigenvalue weighted by Crippen LogP contribution is -2.38. The molecule has 5 rings (SSSR count). The SMILES string of the molecule is CO[C@H]1CCN(c2ncc(-c3nc(NC(=O)[C@H](C)n4cnc5c4c(=O)n(C)c(=O)n5C)sc3C)cn2)C1. The van der Waals surface area contributed by atoms with Crippen LogP contribution in [0.4, 0.5) is 11.1 Å². The van der Waals surface area contributed by atoms with Crippen molar-refractivity contribution in [2.75, 3.05) is 30.4 Å². The maximum absolute atomic E-state index is 13.1. The fourth-order valence-corrected chi connectivity index (χ4v) is 5.26. The van der Waals surface area contributed by atoms with Crippen LogP contribution in [0.15, 0.2) is 28.3 Å². The fraction of sp³-hybridized carbons (Fsp3) is 0.435. The van der Waals surface area contributed by atoms with E-state index in [0.717, 1.165) is 34.5 Å². The van der Waals surface area contributed by atoms with Gasteiger partial charge in [-0.05, 0) is 20.3 Å². The Balaban J connectivity index is 1.35. The summed E-state index contributed by atoms with van der Waals surface area (Å²) < 4.78 is 9.15. The first-order chi connectivity index (χ1) is 17.7. The zero-order valence-corrected chi connectivity index (χ0v) is 21.9. The number of imidazole rings is 1. The normalized spacial score (nSPS) is 16.5. The zero-order chi connectivity index (χ0) is 26.4.